The molecule has 1 saturated heterocycles. The summed E-state index contributed by atoms with van der Waals surface area (Å²) < 4.78 is 1.09. The highest BCUT2D eigenvalue weighted by Crippen LogP contribution is 2.39. The van der Waals surface area contributed by atoms with Gasteiger partial charge in [0.05, 0.1) is 11.6 Å². The summed E-state index contributed by atoms with van der Waals surface area (Å²) in [7, 11) is 0. The molecule has 1 fully saturated rings. The Hall–Kier alpha value is -1.94. The van der Waals surface area contributed by atoms with Gasteiger partial charge in [0.25, 0.3) is 0 Å². The van der Waals surface area contributed by atoms with Gasteiger partial charge in [-0.2, -0.15) is 0 Å². The van der Waals surface area contributed by atoms with Crippen LogP contribution in [0.25, 0.3) is 10.9 Å². The van der Waals surface area contributed by atoms with Crippen molar-refractivity contribution in [1.29, 1.82) is 0 Å². The van der Waals surface area contributed by atoms with E-state index in [1.807, 2.05) is 30.7 Å². The van der Waals surface area contributed by atoms with Gasteiger partial charge in [-0.3, -0.25) is 9.97 Å². The largest absolute Gasteiger partial charge is 0.364 e. The first kappa shape index (κ1) is 13.7. The normalized spacial score (nSPS) is 18.0. The summed E-state index contributed by atoms with van der Waals surface area (Å²) in [6.45, 7) is 1.07. The molecular weight excluding hydrogens is 338 g/mol. The van der Waals surface area contributed by atoms with Crippen LogP contribution in [0, 0.1) is 0 Å². The van der Waals surface area contributed by atoms with Gasteiger partial charge in [-0.05, 0) is 48.7 Å². The van der Waals surface area contributed by atoms with Gasteiger partial charge >= 0.3 is 0 Å². The molecule has 1 unspecified atom stereocenters. The Balaban J connectivity index is 1.82. The van der Waals surface area contributed by atoms with Crippen LogP contribution < -0.4 is 4.90 Å². The van der Waals surface area contributed by atoms with E-state index >= 15 is 0 Å². The Labute approximate surface area is 138 Å². The fraction of sp³-hybridized carbons (Fsp3) is 0.222. The Bertz CT molecular complexity index is 804. The van der Waals surface area contributed by atoms with E-state index in [2.05, 4.69) is 55.1 Å². The molecular formula is C18H16BrN3. The van der Waals surface area contributed by atoms with Gasteiger partial charge in [0.1, 0.15) is 0 Å². The van der Waals surface area contributed by atoms with E-state index in [1.165, 1.54) is 29.5 Å². The Kier molecular flexibility index (Phi) is 3.54. The summed E-state index contributed by atoms with van der Waals surface area (Å²) in [5, 5.41) is 1.20. The number of fused-ring (bicyclic) bond motifs is 1. The summed E-state index contributed by atoms with van der Waals surface area (Å²) in [5.41, 5.74) is 3.59. The number of rotatable bonds is 2. The van der Waals surface area contributed by atoms with Gasteiger partial charge in [-0.25, -0.2) is 0 Å². The van der Waals surface area contributed by atoms with E-state index < -0.39 is 0 Å². The van der Waals surface area contributed by atoms with Crippen LogP contribution >= 0.6 is 15.9 Å². The molecule has 3 aromatic rings. The molecule has 22 heavy (non-hydrogen) atoms. The molecule has 4 rings (SSSR count). The van der Waals surface area contributed by atoms with Gasteiger partial charge in [-0.1, -0.05) is 22.0 Å². The molecule has 1 aliphatic rings. The van der Waals surface area contributed by atoms with Crippen molar-refractivity contribution < 1.29 is 0 Å². The first-order chi connectivity index (χ1) is 10.8. The zero-order chi connectivity index (χ0) is 14.9. The second-order valence-corrected chi connectivity index (χ2v) is 6.55. The third-order valence-corrected chi connectivity index (χ3v) is 4.81. The van der Waals surface area contributed by atoms with Crippen LogP contribution in [0.3, 0.4) is 0 Å². The molecule has 2 aromatic heterocycles. The number of nitrogens with zero attached hydrogens (tertiary/aromatic N) is 3. The molecule has 3 nitrogen and oxygen atoms in total. The average Bonchev–Trinajstić information content (AvgIpc) is 3.04. The lowest BCUT2D eigenvalue weighted by atomic mass is 10.1. The van der Waals surface area contributed by atoms with Crippen LogP contribution in [0.15, 0.2) is 59.5 Å². The quantitative estimate of drug-likeness (QED) is 0.666. The minimum atomic E-state index is 0.401. The Morgan fingerprint density at radius 1 is 1.14 bits per heavy atom. The van der Waals surface area contributed by atoms with Crippen molar-refractivity contribution in [3.63, 3.8) is 0 Å². The van der Waals surface area contributed by atoms with Crippen LogP contribution in [0.5, 0.6) is 0 Å². The van der Waals surface area contributed by atoms with Crippen molar-refractivity contribution in [2.75, 3.05) is 11.4 Å². The number of anilines is 1. The van der Waals surface area contributed by atoms with E-state index in [9.17, 15) is 0 Å². The number of hydrogen-bond acceptors (Lipinski definition) is 3. The molecule has 0 spiro atoms. The highest BCUT2D eigenvalue weighted by atomic mass is 79.9. The standard InChI is InChI=1S/C18H16BrN3/c19-14-5-6-16-15(11-14)18(7-9-21-16)22-10-2-4-17(22)13-3-1-8-20-12-13/h1,3,5-9,11-12,17H,2,4,10H2. The van der Waals surface area contributed by atoms with Crippen LogP contribution in [0.4, 0.5) is 5.69 Å². The summed E-state index contributed by atoms with van der Waals surface area (Å²) in [6, 6.07) is 13.0. The number of aromatic nitrogens is 2. The zero-order valence-corrected chi connectivity index (χ0v) is 13.7. The first-order valence-electron chi connectivity index (χ1n) is 7.54. The van der Waals surface area contributed by atoms with E-state index in [0.29, 0.717) is 6.04 Å². The van der Waals surface area contributed by atoms with Crippen LogP contribution in [0.1, 0.15) is 24.4 Å². The van der Waals surface area contributed by atoms with Gasteiger partial charge in [-0.15, -0.1) is 0 Å². The van der Waals surface area contributed by atoms with Crippen molar-refractivity contribution in [2.45, 2.75) is 18.9 Å². The third-order valence-electron chi connectivity index (χ3n) is 4.31. The fourth-order valence-corrected chi connectivity index (χ4v) is 3.69. The monoisotopic (exact) mass is 353 g/mol. The van der Waals surface area contributed by atoms with Crippen molar-refractivity contribution in [2.24, 2.45) is 0 Å². The number of hydrogen-bond donors (Lipinski definition) is 0. The molecule has 0 N–H and O–H groups in total. The lowest BCUT2D eigenvalue weighted by molar-refractivity contribution is 0.717. The Morgan fingerprint density at radius 2 is 2.09 bits per heavy atom. The third kappa shape index (κ3) is 2.37. The highest BCUT2D eigenvalue weighted by Gasteiger charge is 2.27. The zero-order valence-electron chi connectivity index (χ0n) is 12.1. The van der Waals surface area contributed by atoms with Crippen molar-refractivity contribution in [1.82, 2.24) is 9.97 Å². The minimum absolute atomic E-state index is 0.401. The lowest BCUT2D eigenvalue weighted by Gasteiger charge is -2.28. The number of halogens is 1. The minimum Gasteiger partial charge on any atom is -0.364 e. The summed E-state index contributed by atoms with van der Waals surface area (Å²) in [5.74, 6) is 0. The average molecular weight is 354 g/mol. The molecule has 1 atom stereocenters. The molecule has 0 amide bonds. The van der Waals surface area contributed by atoms with Crippen LogP contribution in [-0.4, -0.2) is 16.5 Å². The summed E-state index contributed by atoms with van der Waals surface area (Å²) in [6.07, 6.45) is 8.11. The predicted molar refractivity (Wildman–Crippen MR) is 93.0 cm³/mol. The molecule has 0 aliphatic carbocycles. The van der Waals surface area contributed by atoms with Crippen molar-refractivity contribution in [3.05, 3.63) is 65.0 Å². The molecule has 0 saturated carbocycles. The fourth-order valence-electron chi connectivity index (χ4n) is 3.33. The van der Waals surface area contributed by atoms with Crippen LogP contribution in [0.2, 0.25) is 0 Å². The Morgan fingerprint density at radius 3 is 2.95 bits per heavy atom. The second kappa shape index (κ2) is 5.69. The van der Waals surface area contributed by atoms with E-state index in [0.717, 1.165) is 16.5 Å². The van der Waals surface area contributed by atoms with Crippen molar-refractivity contribution >= 4 is 32.5 Å². The van der Waals surface area contributed by atoms with Crippen molar-refractivity contribution in [3.8, 4) is 0 Å². The summed E-state index contributed by atoms with van der Waals surface area (Å²) in [4.78, 5) is 11.3. The van der Waals surface area contributed by atoms with Gasteiger partial charge < -0.3 is 4.90 Å². The van der Waals surface area contributed by atoms with E-state index in [1.54, 1.807) is 0 Å². The molecule has 1 aliphatic heterocycles. The maximum atomic E-state index is 4.49. The predicted octanol–water partition coefficient (Wildman–Crippen LogP) is 4.73. The second-order valence-electron chi connectivity index (χ2n) is 5.63. The molecule has 1 aromatic carbocycles. The summed E-state index contributed by atoms with van der Waals surface area (Å²) >= 11 is 3.58. The number of benzene rings is 1. The molecule has 0 radical (unpaired) electrons. The maximum Gasteiger partial charge on any atom is 0.0723 e. The molecule has 110 valence electrons. The molecule has 0 bridgehead atoms. The highest BCUT2D eigenvalue weighted by molar-refractivity contribution is 9.10. The van der Waals surface area contributed by atoms with Crippen LogP contribution in [-0.2, 0) is 0 Å². The number of pyridine rings is 2. The topological polar surface area (TPSA) is 29.0 Å². The van der Waals surface area contributed by atoms with Gasteiger partial charge in [0, 0.05) is 40.7 Å². The molecule has 4 heteroatoms. The van der Waals surface area contributed by atoms with E-state index in [-0.39, 0.29) is 0 Å². The lowest BCUT2D eigenvalue weighted by Crippen LogP contribution is -2.22. The maximum absolute atomic E-state index is 4.49. The smallest absolute Gasteiger partial charge is 0.0723 e. The molecule has 3 heterocycles. The first-order valence-corrected chi connectivity index (χ1v) is 8.33. The van der Waals surface area contributed by atoms with E-state index in [4.69, 9.17) is 0 Å². The van der Waals surface area contributed by atoms with Gasteiger partial charge in [0.15, 0.2) is 0 Å². The van der Waals surface area contributed by atoms with Gasteiger partial charge in [0.2, 0.25) is 0 Å². The SMILES string of the molecule is Brc1ccc2nccc(N3CCCC3c3cccnc3)c2c1.